The standard InChI is InChI=1S/C21H23N3O5S2/c1-13-17-9-8-16(28-21(25)24(3)4)12-19(17)29-20(30)18(13)11-14-6-5-7-15(10-14)23-31(26,27)22-2/h5-10,12,22-23H,11H2,1-4H3. The number of nitrogens with zero attached hydrogens (tertiary/aromatic N) is 1. The van der Waals surface area contributed by atoms with Crippen molar-refractivity contribution in [3.8, 4) is 5.75 Å². The third-order valence-electron chi connectivity index (χ3n) is 4.66. The van der Waals surface area contributed by atoms with Crippen LogP contribution in [0.5, 0.6) is 5.75 Å². The van der Waals surface area contributed by atoms with E-state index in [4.69, 9.17) is 21.4 Å². The van der Waals surface area contributed by atoms with Gasteiger partial charge in [-0.1, -0.05) is 12.1 Å². The van der Waals surface area contributed by atoms with E-state index in [0.29, 0.717) is 28.1 Å². The molecular formula is C21H23N3O5S2. The fraction of sp³-hybridized carbons (Fsp3) is 0.238. The van der Waals surface area contributed by atoms with E-state index in [0.717, 1.165) is 22.1 Å². The van der Waals surface area contributed by atoms with E-state index in [-0.39, 0.29) is 0 Å². The van der Waals surface area contributed by atoms with E-state index in [1.807, 2.05) is 19.1 Å². The fourth-order valence-corrected chi connectivity index (χ4v) is 3.84. The highest BCUT2D eigenvalue weighted by molar-refractivity contribution is 7.90. The summed E-state index contributed by atoms with van der Waals surface area (Å²) >= 11 is 5.47. The Morgan fingerprint density at radius 2 is 1.94 bits per heavy atom. The number of ether oxygens (including phenoxy) is 1. The van der Waals surface area contributed by atoms with Crippen molar-refractivity contribution in [3.63, 3.8) is 0 Å². The van der Waals surface area contributed by atoms with Crippen LogP contribution in [0.4, 0.5) is 10.5 Å². The van der Waals surface area contributed by atoms with E-state index < -0.39 is 16.3 Å². The van der Waals surface area contributed by atoms with Crippen LogP contribution in [0.15, 0.2) is 46.9 Å². The van der Waals surface area contributed by atoms with Gasteiger partial charge in [0, 0.05) is 44.6 Å². The first kappa shape index (κ1) is 22.7. The summed E-state index contributed by atoms with van der Waals surface area (Å²) in [5.74, 6) is 0.362. The molecular weight excluding hydrogens is 438 g/mol. The summed E-state index contributed by atoms with van der Waals surface area (Å²) in [4.78, 5) is 13.1. The molecule has 0 fully saturated rings. The highest BCUT2D eigenvalue weighted by Gasteiger charge is 2.14. The highest BCUT2D eigenvalue weighted by Crippen LogP contribution is 2.29. The largest absolute Gasteiger partial charge is 0.445 e. The smallest absolute Gasteiger partial charge is 0.414 e. The lowest BCUT2D eigenvalue weighted by atomic mass is 9.99. The van der Waals surface area contributed by atoms with E-state index in [1.54, 1.807) is 44.4 Å². The summed E-state index contributed by atoms with van der Waals surface area (Å²) in [6.45, 7) is 1.95. The number of hydrogen-bond acceptors (Lipinski definition) is 6. The third-order valence-corrected chi connectivity index (χ3v) is 6.03. The van der Waals surface area contributed by atoms with E-state index in [1.165, 1.54) is 11.9 Å². The molecule has 0 saturated heterocycles. The van der Waals surface area contributed by atoms with E-state index in [2.05, 4.69) is 9.44 Å². The molecule has 2 N–H and O–H groups in total. The minimum atomic E-state index is -3.60. The average Bonchev–Trinajstić information content (AvgIpc) is 2.71. The molecule has 3 rings (SSSR count). The van der Waals surface area contributed by atoms with Crippen LogP contribution in [0.3, 0.4) is 0 Å². The summed E-state index contributed by atoms with van der Waals surface area (Å²) in [5.41, 5.74) is 3.61. The summed E-state index contributed by atoms with van der Waals surface area (Å²) < 4.78 is 39.6. The first-order valence-electron chi connectivity index (χ1n) is 9.35. The van der Waals surface area contributed by atoms with Crippen molar-refractivity contribution in [2.75, 3.05) is 25.9 Å². The normalized spacial score (nSPS) is 11.4. The van der Waals surface area contributed by atoms with Gasteiger partial charge in [-0.3, -0.25) is 4.72 Å². The second-order valence-electron chi connectivity index (χ2n) is 7.10. The molecule has 0 aliphatic rings. The van der Waals surface area contributed by atoms with Gasteiger partial charge < -0.3 is 14.1 Å². The second-order valence-corrected chi connectivity index (χ2v) is 9.09. The molecule has 31 heavy (non-hydrogen) atoms. The zero-order valence-electron chi connectivity index (χ0n) is 17.6. The average molecular weight is 462 g/mol. The zero-order chi connectivity index (χ0) is 22.8. The minimum absolute atomic E-state index is 0.322. The summed E-state index contributed by atoms with van der Waals surface area (Å²) in [5, 5.41) is 0.847. The molecule has 0 bridgehead atoms. The van der Waals surface area contributed by atoms with Gasteiger partial charge >= 0.3 is 6.09 Å². The summed E-state index contributed by atoms with van der Waals surface area (Å²) in [7, 11) is 0.935. The van der Waals surface area contributed by atoms with Crippen LogP contribution in [-0.2, 0) is 16.6 Å². The van der Waals surface area contributed by atoms with Crippen LogP contribution in [0.25, 0.3) is 11.0 Å². The minimum Gasteiger partial charge on any atom is -0.445 e. The Morgan fingerprint density at radius 3 is 2.61 bits per heavy atom. The van der Waals surface area contributed by atoms with Gasteiger partial charge in [-0.05, 0) is 54.5 Å². The monoisotopic (exact) mass is 461 g/mol. The van der Waals surface area contributed by atoms with Crippen LogP contribution in [0, 0.1) is 11.6 Å². The molecule has 0 aliphatic carbocycles. The van der Waals surface area contributed by atoms with E-state index in [9.17, 15) is 13.2 Å². The number of fused-ring (bicyclic) bond motifs is 1. The number of carbonyl (C=O) groups excluding carboxylic acids is 1. The molecule has 1 aromatic heterocycles. The van der Waals surface area contributed by atoms with E-state index >= 15 is 0 Å². The molecule has 2 aromatic carbocycles. The molecule has 0 aliphatic heterocycles. The molecule has 0 radical (unpaired) electrons. The first-order chi connectivity index (χ1) is 14.6. The molecule has 3 aromatic rings. The lowest BCUT2D eigenvalue weighted by Gasteiger charge is -2.13. The van der Waals surface area contributed by atoms with Gasteiger partial charge in [-0.2, -0.15) is 8.42 Å². The van der Waals surface area contributed by atoms with Crippen molar-refractivity contribution in [1.29, 1.82) is 0 Å². The molecule has 0 spiro atoms. The van der Waals surface area contributed by atoms with Gasteiger partial charge in [0.15, 0.2) is 4.71 Å². The van der Waals surface area contributed by atoms with Crippen molar-refractivity contribution in [1.82, 2.24) is 9.62 Å². The van der Waals surface area contributed by atoms with Crippen molar-refractivity contribution in [3.05, 3.63) is 63.9 Å². The molecule has 8 nitrogen and oxygen atoms in total. The Labute approximate surface area is 186 Å². The van der Waals surface area contributed by atoms with Gasteiger partial charge in [0.05, 0.1) is 5.69 Å². The maximum absolute atomic E-state index is 11.8. The van der Waals surface area contributed by atoms with Crippen molar-refractivity contribution in [2.24, 2.45) is 0 Å². The van der Waals surface area contributed by atoms with Crippen LogP contribution in [0.2, 0.25) is 0 Å². The SMILES string of the molecule is CNS(=O)(=O)Nc1cccc(Cc2c(C)c3ccc(OC(=O)N(C)C)cc3oc2=S)c1. The number of rotatable bonds is 6. The highest BCUT2D eigenvalue weighted by atomic mass is 32.2. The number of aryl methyl sites for hydroxylation is 1. The zero-order valence-corrected chi connectivity index (χ0v) is 19.2. The maximum Gasteiger partial charge on any atom is 0.414 e. The van der Waals surface area contributed by atoms with Gasteiger partial charge in [0.2, 0.25) is 0 Å². The number of nitrogens with one attached hydrogen (secondary N) is 2. The lowest BCUT2D eigenvalue weighted by Crippen LogP contribution is -2.26. The number of amides is 1. The molecule has 164 valence electrons. The number of hydrogen-bond donors (Lipinski definition) is 2. The number of carbonyl (C=O) groups is 1. The Morgan fingerprint density at radius 1 is 1.19 bits per heavy atom. The second kappa shape index (κ2) is 9.04. The Bertz CT molecular complexity index is 1300. The molecule has 0 unspecified atom stereocenters. The van der Waals surface area contributed by atoms with Crippen LogP contribution < -0.4 is 14.2 Å². The van der Waals surface area contributed by atoms with Crippen LogP contribution >= 0.6 is 12.2 Å². The van der Waals surface area contributed by atoms with Crippen LogP contribution in [0.1, 0.15) is 16.7 Å². The maximum atomic E-state index is 11.8. The lowest BCUT2D eigenvalue weighted by molar-refractivity contribution is 0.172. The fourth-order valence-electron chi connectivity index (χ4n) is 2.99. The van der Waals surface area contributed by atoms with Crippen molar-refractivity contribution >= 4 is 45.2 Å². The third kappa shape index (κ3) is 5.40. The predicted octanol–water partition coefficient (Wildman–Crippen LogP) is 4.00. The van der Waals surface area contributed by atoms with Crippen molar-refractivity contribution < 1.29 is 22.4 Å². The Kier molecular flexibility index (Phi) is 6.63. The van der Waals surface area contributed by atoms with Crippen molar-refractivity contribution in [2.45, 2.75) is 13.3 Å². The Hall–Kier alpha value is -2.95. The van der Waals surface area contributed by atoms with Gasteiger partial charge in [-0.25, -0.2) is 9.52 Å². The molecule has 1 heterocycles. The van der Waals surface area contributed by atoms with Gasteiger partial charge in [0.1, 0.15) is 11.3 Å². The summed E-state index contributed by atoms with van der Waals surface area (Å²) in [6.07, 6.45) is -0.0172. The quantitative estimate of drug-likeness (QED) is 0.538. The van der Waals surface area contributed by atoms with Crippen LogP contribution in [-0.4, -0.2) is 40.6 Å². The number of benzene rings is 2. The first-order valence-corrected chi connectivity index (χ1v) is 11.2. The predicted molar refractivity (Wildman–Crippen MR) is 122 cm³/mol. The Balaban J connectivity index is 1.93. The molecule has 0 atom stereocenters. The molecule has 0 saturated carbocycles. The summed E-state index contributed by atoms with van der Waals surface area (Å²) in [6, 6.07) is 12.2. The number of anilines is 1. The molecule has 10 heteroatoms. The molecule has 1 amide bonds. The van der Waals surface area contributed by atoms with Gasteiger partial charge in [0.25, 0.3) is 10.2 Å². The topological polar surface area (TPSA) is 101 Å². The van der Waals surface area contributed by atoms with Gasteiger partial charge in [-0.15, -0.1) is 0 Å².